The second kappa shape index (κ2) is 8.38. The summed E-state index contributed by atoms with van der Waals surface area (Å²) in [5.74, 6) is -0.925. The number of aryl methyl sites for hydroxylation is 1. The standard InChI is InChI=1S/C22H22ClN3O4/c1-25-18-6-4-3-5-15(18)19(23)20(25)21(27)24-17-8-7-14(13-16(17)22(28)29-2)26-9-11-30-12-10-26/h3-8,13H,9-12H2,1-2H3,(H,24,27). The summed E-state index contributed by atoms with van der Waals surface area (Å²) < 4.78 is 12.1. The predicted octanol–water partition coefficient (Wildman–Crippen LogP) is 3.71. The van der Waals surface area contributed by atoms with E-state index in [4.69, 9.17) is 21.1 Å². The van der Waals surface area contributed by atoms with E-state index in [0.717, 1.165) is 29.7 Å². The molecular formula is C22H22ClN3O4. The zero-order valence-electron chi connectivity index (χ0n) is 16.8. The number of hydrogen-bond acceptors (Lipinski definition) is 5. The molecule has 0 saturated carbocycles. The first kappa shape index (κ1) is 20.3. The molecule has 7 nitrogen and oxygen atoms in total. The van der Waals surface area contributed by atoms with Gasteiger partial charge < -0.3 is 24.3 Å². The monoisotopic (exact) mass is 427 g/mol. The van der Waals surface area contributed by atoms with Crippen LogP contribution >= 0.6 is 11.6 Å². The molecule has 1 saturated heterocycles. The quantitative estimate of drug-likeness (QED) is 0.642. The number of nitrogens with one attached hydrogen (secondary N) is 1. The third-order valence-electron chi connectivity index (χ3n) is 5.29. The number of rotatable bonds is 4. The molecule has 1 aromatic heterocycles. The molecule has 0 unspecified atom stereocenters. The smallest absolute Gasteiger partial charge is 0.340 e. The van der Waals surface area contributed by atoms with Crippen LogP contribution in [0.5, 0.6) is 0 Å². The third kappa shape index (κ3) is 3.62. The second-order valence-electron chi connectivity index (χ2n) is 7.01. The van der Waals surface area contributed by atoms with Gasteiger partial charge in [-0.15, -0.1) is 0 Å². The number of carbonyl (C=O) groups is 2. The van der Waals surface area contributed by atoms with E-state index >= 15 is 0 Å². The molecule has 1 amide bonds. The summed E-state index contributed by atoms with van der Waals surface area (Å²) in [6.07, 6.45) is 0. The number of methoxy groups -OCH3 is 1. The fourth-order valence-corrected chi connectivity index (χ4v) is 4.09. The number of fused-ring (bicyclic) bond motifs is 1. The van der Waals surface area contributed by atoms with Gasteiger partial charge in [0, 0.05) is 36.7 Å². The summed E-state index contributed by atoms with van der Waals surface area (Å²) in [6, 6.07) is 12.8. The molecule has 1 aliphatic heterocycles. The van der Waals surface area contributed by atoms with Crippen LogP contribution in [0.2, 0.25) is 5.02 Å². The van der Waals surface area contributed by atoms with Gasteiger partial charge in [0.1, 0.15) is 5.69 Å². The van der Waals surface area contributed by atoms with Crippen LogP contribution < -0.4 is 10.2 Å². The summed E-state index contributed by atoms with van der Waals surface area (Å²) >= 11 is 6.49. The van der Waals surface area contributed by atoms with E-state index in [0.29, 0.717) is 29.6 Å². The Morgan fingerprint density at radius 2 is 1.87 bits per heavy atom. The van der Waals surface area contributed by atoms with Crippen molar-refractivity contribution in [1.82, 2.24) is 4.57 Å². The summed E-state index contributed by atoms with van der Waals surface area (Å²) in [5, 5.41) is 3.99. The van der Waals surface area contributed by atoms with E-state index in [1.54, 1.807) is 23.7 Å². The van der Waals surface area contributed by atoms with Crippen molar-refractivity contribution >= 4 is 45.8 Å². The molecule has 2 aromatic carbocycles. The Labute approximate surface area is 179 Å². The van der Waals surface area contributed by atoms with Gasteiger partial charge in [-0.25, -0.2) is 4.79 Å². The van der Waals surface area contributed by atoms with Crippen LogP contribution in [0.1, 0.15) is 20.8 Å². The van der Waals surface area contributed by atoms with Crippen LogP contribution in [0.3, 0.4) is 0 Å². The number of aromatic nitrogens is 1. The minimum Gasteiger partial charge on any atom is -0.465 e. The van der Waals surface area contributed by atoms with Crippen molar-refractivity contribution in [2.45, 2.75) is 0 Å². The minimum atomic E-state index is -0.524. The van der Waals surface area contributed by atoms with E-state index in [1.807, 2.05) is 30.3 Å². The number of morpholine rings is 1. The highest BCUT2D eigenvalue weighted by molar-refractivity contribution is 6.39. The molecule has 0 atom stereocenters. The minimum absolute atomic E-state index is 0.282. The highest BCUT2D eigenvalue weighted by Crippen LogP contribution is 2.31. The molecule has 1 N–H and O–H groups in total. The van der Waals surface area contributed by atoms with Crippen molar-refractivity contribution in [3.05, 3.63) is 58.7 Å². The molecule has 8 heteroatoms. The molecule has 156 valence electrons. The lowest BCUT2D eigenvalue weighted by molar-refractivity contribution is 0.0602. The number of benzene rings is 2. The molecule has 30 heavy (non-hydrogen) atoms. The number of amides is 1. The Morgan fingerprint density at radius 1 is 1.13 bits per heavy atom. The summed E-state index contributed by atoms with van der Waals surface area (Å²) in [7, 11) is 3.10. The van der Waals surface area contributed by atoms with Crippen LogP contribution in [0.4, 0.5) is 11.4 Å². The average molecular weight is 428 g/mol. The topological polar surface area (TPSA) is 72.8 Å². The largest absolute Gasteiger partial charge is 0.465 e. The highest BCUT2D eigenvalue weighted by Gasteiger charge is 2.23. The van der Waals surface area contributed by atoms with Gasteiger partial charge >= 0.3 is 5.97 Å². The van der Waals surface area contributed by atoms with Crippen molar-refractivity contribution in [3.63, 3.8) is 0 Å². The lowest BCUT2D eigenvalue weighted by Crippen LogP contribution is -2.36. The first-order valence-electron chi connectivity index (χ1n) is 9.60. The zero-order valence-corrected chi connectivity index (χ0v) is 17.5. The lowest BCUT2D eigenvalue weighted by atomic mass is 10.1. The number of anilines is 2. The number of halogens is 1. The van der Waals surface area contributed by atoms with Crippen molar-refractivity contribution in [3.8, 4) is 0 Å². The van der Waals surface area contributed by atoms with Gasteiger partial charge in [0.05, 0.1) is 36.6 Å². The van der Waals surface area contributed by atoms with Gasteiger partial charge in [-0.1, -0.05) is 29.8 Å². The third-order valence-corrected chi connectivity index (χ3v) is 5.68. The lowest BCUT2D eigenvalue weighted by Gasteiger charge is -2.29. The van der Waals surface area contributed by atoms with Crippen molar-refractivity contribution in [2.75, 3.05) is 43.6 Å². The predicted molar refractivity (Wildman–Crippen MR) is 117 cm³/mol. The molecule has 0 bridgehead atoms. The van der Waals surface area contributed by atoms with E-state index in [9.17, 15) is 9.59 Å². The molecule has 0 radical (unpaired) electrons. The van der Waals surface area contributed by atoms with Gasteiger partial charge in [0.25, 0.3) is 5.91 Å². The van der Waals surface area contributed by atoms with Crippen molar-refractivity contribution in [2.24, 2.45) is 7.05 Å². The van der Waals surface area contributed by atoms with Crippen LogP contribution in [0.15, 0.2) is 42.5 Å². The highest BCUT2D eigenvalue weighted by atomic mass is 35.5. The van der Waals surface area contributed by atoms with Crippen LogP contribution in [0.25, 0.3) is 10.9 Å². The average Bonchev–Trinajstić information content (AvgIpc) is 3.04. The first-order valence-corrected chi connectivity index (χ1v) is 9.98. The summed E-state index contributed by atoms with van der Waals surface area (Å²) in [6.45, 7) is 2.73. The molecule has 4 rings (SSSR count). The van der Waals surface area contributed by atoms with E-state index in [1.165, 1.54) is 7.11 Å². The second-order valence-corrected chi connectivity index (χ2v) is 7.39. The number of nitrogens with zero attached hydrogens (tertiary/aromatic N) is 2. The van der Waals surface area contributed by atoms with Crippen LogP contribution in [-0.2, 0) is 16.5 Å². The molecule has 1 aliphatic rings. The van der Waals surface area contributed by atoms with Crippen LogP contribution in [-0.4, -0.2) is 49.9 Å². The number of ether oxygens (including phenoxy) is 2. The van der Waals surface area contributed by atoms with Crippen LogP contribution in [0, 0.1) is 0 Å². The fraction of sp³-hybridized carbons (Fsp3) is 0.273. The van der Waals surface area contributed by atoms with Gasteiger partial charge in [-0.2, -0.15) is 0 Å². The normalized spacial score (nSPS) is 14.0. The van der Waals surface area contributed by atoms with Gasteiger partial charge in [-0.05, 0) is 24.3 Å². The molecule has 0 spiro atoms. The molecule has 1 fully saturated rings. The SMILES string of the molecule is COC(=O)c1cc(N2CCOCC2)ccc1NC(=O)c1c(Cl)c2ccccc2n1C. The van der Waals surface area contributed by atoms with Gasteiger partial charge in [0.2, 0.25) is 0 Å². The Hall–Kier alpha value is -3.03. The maximum atomic E-state index is 13.1. The summed E-state index contributed by atoms with van der Waals surface area (Å²) in [5.41, 5.74) is 2.70. The van der Waals surface area contributed by atoms with E-state index < -0.39 is 11.9 Å². The number of carbonyl (C=O) groups excluding carboxylic acids is 2. The maximum Gasteiger partial charge on any atom is 0.340 e. The van der Waals surface area contributed by atoms with E-state index in [-0.39, 0.29) is 5.56 Å². The Morgan fingerprint density at radius 3 is 2.57 bits per heavy atom. The number of para-hydroxylation sites is 1. The molecule has 0 aliphatic carbocycles. The molecule has 2 heterocycles. The van der Waals surface area contributed by atoms with Crippen molar-refractivity contribution < 1.29 is 19.1 Å². The Balaban J connectivity index is 1.68. The number of esters is 1. The zero-order chi connectivity index (χ0) is 21.3. The molecular weight excluding hydrogens is 406 g/mol. The summed E-state index contributed by atoms with van der Waals surface area (Å²) in [4.78, 5) is 27.6. The van der Waals surface area contributed by atoms with E-state index in [2.05, 4.69) is 10.2 Å². The van der Waals surface area contributed by atoms with Gasteiger partial charge in [-0.3, -0.25) is 4.79 Å². The van der Waals surface area contributed by atoms with Crippen molar-refractivity contribution in [1.29, 1.82) is 0 Å². The van der Waals surface area contributed by atoms with Gasteiger partial charge in [0.15, 0.2) is 0 Å². The Bertz CT molecular complexity index is 1080. The number of hydrogen-bond donors (Lipinski definition) is 1. The first-order chi connectivity index (χ1) is 14.5. The maximum absolute atomic E-state index is 13.1. The molecule has 3 aromatic rings. The Kier molecular flexibility index (Phi) is 5.65. The fourth-order valence-electron chi connectivity index (χ4n) is 3.72.